The first-order valence-electron chi connectivity index (χ1n) is 7.12. The summed E-state index contributed by atoms with van der Waals surface area (Å²) in [4.78, 5) is 4.38. The number of nitrogens with two attached hydrogens (primary N) is 1. The van der Waals surface area contributed by atoms with Crippen molar-refractivity contribution in [3.8, 4) is 28.5 Å². The molecule has 1 heterocycles. The fourth-order valence-electron chi connectivity index (χ4n) is 2.53. The fraction of sp³-hybridized carbons (Fsp3) is 0.0526. The summed E-state index contributed by atoms with van der Waals surface area (Å²) in [6.45, 7) is 2.02. The zero-order valence-electron chi connectivity index (χ0n) is 12.5. The van der Waals surface area contributed by atoms with Crippen LogP contribution in [0.1, 0.15) is 11.1 Å². The highest BCUT2D eigenvalue weighted by Crippen LogP contribution is 2.34. The van der Waals surface area contributed by atoms with Gasteiger partial charge in [-0.25, -0.2) is 4.98 Å². The van der Waals surface area contributed by atoms with Crippen LogP contribution in [0.3, 0.4) is 0 Å². The Labute approximate surface area is 140 Å². The van der Waals surface area contributed by atoms with E-state index in [2.05, 4.69) is 11.1 Å². The number of benzene rings is 2. The van der Waals surface area contributed by atoms with E-state index in [4.69, 9.17) is 17.3 Å². The number of hydrogen-bond acceptors (Lipinski definition) is 3. The molecule has 2 N–H and O–H groups in total. The molecular weight excluding hydrogens is 306 g/mol. The van der Waals surface area contributed by atoms with Gasteiger partial charge in [-0.3, -0.25) is 0 Å². The molecule has 2 aromatic carbocycles. The maximum Gasteiger partial charge on any atom is 0.142 e. The Bertz CT molecular complexity index is 926. The van der Waals surface area contributed by atoms with Crippen LogP contribution < -0.4 is 5.73 Å². The summed E-state index contributed by atoms with van der Waals surface area (Å²) in [6.07, 6.45) is 0. The number of nitrogens with zero attached hydrogens (tertiary/aromatic N) is 2. The van der Waals surface area contributed by atoms with Crippen LogP contribution >= 0.6 is 11.6 Å². The maximum absolute atomic E-state index is 9.44. The Balaban J connectivity index is 2.27. The summed E-state index contributed by atoms with van der Waals surface area (Å²) in [5.41, 5.74) is 10.6. The fourth-order valence-corrected chi connectivity index (χ4v) is 2.76. The molecule has 23 heavy (non-hydrogen) atoms. The predicted molar refractivity (Wildman–Crippen MR) is 94.0 cm³/mol. The van der Waals surface area contributed by atoms with Gasteiger partial charge >= 0.3 is 0 Å². The van der Waals surface area contributed by atoms with Gasteiger partial charge in [-0.1, -0.05) is 53.6 Å². The highest BCUT2D eigenvalue weighted by molar-refractivity contribution is 6.33. The molecule has 0 fully saturated rings. The third-order valence-electron chi connectivity index (χ3n) is 3.64. The van der Waals surface area contributed by atoms with Crippen LogP contribution in [0.5, 0.6) is 0 Å². The third-order valence-corrected chi connectivity index (χ3v) is 3.97. The van der Waals surface area contributed by atoms with Crippen LogP contribution in [0.4, 0.5) is 5.82 Å². The number of aryl methyl sites for hydroxylation is 1. The zero-order chi connectivity index (χ0) is 16.4. The van der Waals surface area contributed by atoms with Gasteiger partial charge in [0.25, 0.3) is 0 Å². The molecule has 3 nitrogen and oxygen atoms in total. The lowest BCUT2D eigenvalue weighted by molar-refractivity contribution is 1.30. The molecule has 0 aliphatic carbocycles. The molecule has 0 aliphatic rings. The van der Waals surface area contributed by atoms with Gasteiger partial charge in [-0.05, 0) is 25.1 Å². The minimum absolute atomic E-state index is 0.210. The van der Waals surface area contributed by atoms with E-state index in [0.29, 0.717) is 16.1 Å². The average molecular weight is 320 g/mol. The molecule has 0 radical (unpaired) electrons. The molecule has 0 saturated carbocycles. The van der Waals surface area contributed by atoms with E-state index in [1.165, 1.54) is 0 Å². The number of aromatic nitrogens is 1. The van der Waals surface area contributed by atoms with Crippen molar-refractivity contribution in [2.75, 3.05) is 5.73 Å². The Kier molecular flexibility index (Phi) is 4.01. The van der Waals surface area contributed by atoms with Gasteiger partial charge in [-0.15, -0.1) is 0 Å². The summed E-state index contributed by atoms with van der Waals surface area (Å²) in [7, 11) is 0. The number of hydrogen-bond donors (Lipinski definition) is 1. The SMILES string of the molecule is Cc1cccc(-c2cc(-c3ccccc3Cl)c(C#N)c(N)n2)c1. The normalized spacial score (nSPS) is 10.3. The van der Waals surface area contributed by atoms with E-state index in [-0.39, 0.29) is 5.82 Å². The van der Waals surface area contributed by atoms with Crippen molar-refractivity contribution in [2.24, 2.45) is 0 Å². The van der Waals surface area contributed by atoms with Crippen molar-refractivity contribution >= 4 is 17.4 Å². The van der Waals surface area contributed by atoms with E-state index in [0.717, 1.165) is 22.4 Å². The summed E-state index contributed by atoms with van der Waals surface area (Å²) in [6, 6.07) is 19.4. The number of pyridine rings is 1. The molecular formula is C19H14ClN3. The van der Waals surface area contributed by atoms with Crippen molar-refractivity contribution in [2.45, 2.75) is 6.92 Å². The first-order chi connectivity index (χ1) is 11.1. The molecule has 0 spiro atoms. The lowest BCUT2D eigenvalue weighted by Gasteiger charge is -2.11. The minimum Gasteiger partial charge on any atom is -0.383 e. The first kappa shape index (κ1) is 15.1. The highest BCUT2D eigenvalue weighted by Gasteiger charge is 2.15. The van der Waals surface area contributed by atoms with E-state index < -0.39 is 0 Å². The summed E-state index contributed by atoms with van der Waals surface area (Å²) in [5, 5.41) is 10.0. The number of anilines is 1. The van der Waals surface area contributed by atoms with Crippen LogP contribution in [0.25, 0.3) is 22.4 Å². The molecule has 0 amide bonds. The van der Waals surface area contributed by atoms with E-state index in [1.807, 2.05) is 55.5 Å². The molecule has 0 aliphatic heterocycles. The largest absolute Gasteiger partial charge is 0.383 e. The van der Waals surface area contributed by atoms with Gasteiger partial charge in [-0.2, -0.15) is 5.26 Å². The van der Waals surface area contributed by atoms with E-state index in [1.54, 1.807) is 6.07 Å². The summed E-state index contributed by atoms with van der Waals surface area (Å²) < 4.78 is 0. The van der Waals surface area contributed by atoms with Crippen molar-refractivity contribution in [1.82, 2.24) is 4.98 Å². The number of rotatable bonds is 2. The topological polar surface area (TPSA) is 62.7 Å². The Hall–Kier alpha value is -2.83. The van der Waals surface area contributed by atoms with E-state index in [9.17, 15) is 5.26 Å². The highest BCUT2D eigenvalue weighted by atomic mass is 35.5. The minimum atomic E-state index is 0.210. The molecule has 0 bridgehead atoms. The molecule has 0 unspecified atom stereocenters. The van der Waals surface area contributed by atoms with Crippen LogP contribution in [0.2, 0.25) is 5.02 Å². The molecule has 3 aromatic rings. The summed E-state index contributed by atoms with van der Waals surface area (Å²) >= 11 is 6.29. The van der Waals surface area contributed by atoms with Crippen molar-refractivity contribution in [3.63, 3.8) is 0 Å². The molecule has 0 atom stereocenters. The van der Waals surface area contributed by atoms with Crippen LogP contribution in [-0.4, -0.2) is 4.98 Å². The van der Waals surface area contributed by atoms with Crippen LogP contribution in [0.15, 0.2) is 54.6 Å². The Morgan fingerprint density at radius 2 is 1.83 bits per heavy atom. The lowest BCUT2D eigenvalue weighted by Crippen LogP contribution is -2.00. The number of nitrogen functional groups attached to an aromatic ring is 1. The first-order valence-corrected chi connectivity index (χ1v) is 7.50. The standard InChI is InChI=1S/C19H14ClN3/c1-12-5-4-6-13(9-12)18-10-15(16(11-21)19(22)23-18)14-7-2-3-8-17(14)20/h2-10H,1H3,(H2,22,23). The second-order valence-corrected chi connectivity index (χ2v) is 5.68. The second-order valence-electron chi connectivity index (χ2n) is 5.28. The van der Waals surface area contributed by atoms with E-state index >= 15 is 0 Å². The quantitative estimate of drug-likeness (QED) is 0.735. The lowest BCUT2D eigenvalue weighted by atomic mass is 9.98. The Morgan fingerprint density at radius 3 is 2.52 bits per heavy atom. The molecule has 112 valence electrons. The smallest absolute Gasteiger partial charge is 0.142 e. The Morgan fingerprint density at radius 1 is 1.04 bits per heavy atom. The number of nitriles is 1. The van der Waals surface area contributed by atoms with Crippen LogP contribution in [0, 0.1) is 18.3 Å². The van der Waals surface area contributed by atoms with Crippen LogP contribution in [-0.2, 0) is 0 Å². The molecule has 0 saturated heterocycles. The molecule has 3 rings (SSSR count). The van der Waals surface area contributed by atoms with Crippen molar-refractivity contribution in [3.05, 3.63) is 70.7 Å². The third kappa shape index (κ3) is 2.90. The van der Waals surface area contributed by atoms with Gasteiger partial charge in [0.05, 0.1) is 5.69 Å². The maximum atomic E-state index is 9.44. The van der Waals surface area contributed by atoms with Gasteiger partial charge in [0.2, 0.25) is 0 Å². The molecule has 4 heteroatoms. The number of halogens is 1. The summed E-state index contributed by atoms with van der Waals surface area (Å²) in [5.74, 6) is 0.210. The monoisotopic (exact) mass is 319 g/mol. The predicted octanol–water partition coefficient (Wildman–Crippen LogP) is 4.83. The van der Waals surface area contributed by atoms with Gasteiger partial charge in [0.1, 0.15) is 17.5 Å². The van der Waals surface area contributed by atoms with Crippen molar-refractivity contribution in [1.29, 1.82) is 5.26 Å². The molecule has 1 aromatic heterocycles. The second kappa shape index (κ2) is 6.12. The van der Waals surface area contributed by atoms with Crippen molar-refractivity contribution < 1.29 is 0 Å². The van der Waals surface area contributed by atoms with Gasteiger partial charge < -0.3 is 5.73 Å². The zero-order valence-corrected chi connectivity index (χ0v) is 13.3. The van der Waals surface area contributed by atoms with Gasteiger partial charge in [0.15, 0.2) is 0 Å². The average Bonchev–Trinajstić information content (AvgIpc) is 2.54. The van der Waals surface area contributed by atoms with Gasteiger partial charge in [0, 0.05) is 21.7 Å².